The molecule has 4 heterocycles. The Bertz CT molecular complexity index is 1450. The first-order valence-corrected chi connectivity index (χ1v) is 12.7. The Morgan fingerprint density at radius 1 is 1.15 bits per heavy atom. The number of ether oxygens (including phenoxy) is 1. The maximum atomic E-state index is 12.3. The number of pyridine rings is 2. The molecule has 9 nitrogen and oxygen atoms in total. The van der Waals surface area contributed by atoms with Crippen LogP contribution in [0.2, 0.25) is 0 Å². The number of fused-ring (bicyclic) bond motifs is 1. The molecular weight excluding hydrogens is 454 g/mol. The van der Waals surface area contributed by atoms with Crippen LogP contribution in [0, 0.1) is 0 Å². The van der Waals surface area contributed by atoms with Gasteiger partial charge in [0.1, 0.15) is 17.2 Å². The molecule has 4 aromatic rings. The number of likely N-dealkylation sites (tertiary alicyclic amines) is 1. The minimum Gasteiger partial charge on any atom is -0.455 e. The third-order valence-electron chi connectivity index (χ3n) is 5.74. The van der Waals surface area contributed by atoms with Crippen LogP contribution in [-0.2, 0) is 21.2 Å². The number of sulfone groups is 1. The van der Waals surface area contributed by atoms with Crippen LogP contribution in [0.15, 0.2) is 59.9 Å². The molecule has 0 saturated carbocycles. The van der Waals surface area contributed by atoms with Crippen molar-refractivity contribution < 1.29 is 17.9 Å². The van der Waals surface area contributed by atoms with E-state index in [-0.39, 0.29) is 16.7 Å². The van der Waals surface area contributed by atoms with Crippen molar-refractivity contribution in [1.82, 2.24) is 24.8 Å². The first kappa shape index (κ1) is 22.0. The number of rotatable bonds is 7. The average molecular weight is 478 g/mol. The summed E-state index contributed by atoms with van der Waals surface area (Å²) in [5, 5.41) is 0.00740. The SMILES string of the molecule is CCS(=O)(=O)c1ccc(Oc2cc3nc(-c4ccccn4)[nH]c3cc2CN2CCCC2=O)cn1. The zero-order valence-corrected chi connectivity index (χ0v) is 19.4. The van der Waals surface area contributed by atoms with Crippen molar-refractivity contribution in [3.63, 3.8) is 0 Å². The van der Waals surface area contributed by atoms with Crippen molar-refractivity contribution in [1.29, 1.82) is 0 Å². The quantitative estimate of drug-likeness (QED) is 0.431. The van der Waals surface area contributed by atoms with Gasteiger partial charge in [-0.25, -0.2) is 18.4 Å². The van der Waals surface area contributed by atoms with Gasteiger partial charge in [0.15, 0.2) is 20.7 Å². The molecule has 1 fully saturated rings. The van der Waals surface area contributed by atoms with Gasteiger partial charge in [-0.15, -0.1) is 0 Å². The van der Waals surface area contributed by atoms with E-state index in [1.165, 1.54) is 12.3 Å². The van der Waals surface area contributed by atoms with E-state index >= 15 is 0 Å². The Balaban J connectivity index is 1.52. The Hall–Kier alpha value is -3.79. The summed E-state index contributed by atoms with van der Waals surface area (Å²) in [5.41, 5.74) is 3.01. The van der Waals surface area contributed by atoms with Crippen molar-refractivity contribution in [2.45, 2.75) is 31.3 Å². The second kappa shape index (κ2) is 8.86. The number of nitrogens with one attached hydrogen (secondary N) is 1. The van der Waals surface area contributed by atoms with Crippen LogP contribution in [0.25, 0.3) is 22.6 Å². The van der Waals surface area contributed by atoms with E-state index in [2.05, 4.69) is 19.9 Å². The van der Waals surface area contributed by atoms with E-state index in [4.69, 9.17) is 4.74 Å². The highest BCUT2D eigenvalue weighted by molar-refractivity contribution is 7.91. The molecule has 34 heavy (non-hydrogen) atoms. The third kappa shape index (κ3) is 4.36. The number of amides is 1. The molecule has 1 aromatic carbocycles. The number of imidazole rings is 1. The van der Waals surface area contributed by atoms with E-state index in [9.17, 15) is 13.2 Å². The minimum absolute atomic E-state index is 0.00740. The van der Waals surface area contributed by atoms with Gasteiger partial charge in [0, 0.05) is 37.3 Å². The van der Waals surface area contributed by atoms with E-state index < -0.39 is 9.84 Å². The summed E-state index contributed by atoms with van der Waals surface area (Å²) in [4.78, 5) is 30.4. The number of hydrogen-bond donors (Lipinski definition) is 1. The van der Waals surface area contributed by atoms with E-state index in [0.717, 1.165) is 23.2 Å². The fraction of sp³-hybridized carbons (Fsp3) is 0.250. The van der Waals surface area contributed by atoms with Gasteiger partial charge in [-0.3, -0.25) is 9.78 Å². The molecule has 174 valence electrons. The zero-order valence-electron chi connectivity index (χ0n) is 18.6. The van der Waals surface area contributed by atoms with Gasteiger partial charge < -0.3 is 14.6 Å². The number of benzene rings is 1. The fourth-order valence-corrected chi connectivity index (χ4v) is 4.67. The summed E-state index contributed by atoms with van der Waals surface area (Å²) in [6.45, 7) is 2.67. The fourth-order valence-electron chi connectivity index (χ4n) is 3.89. The molecule has 1 saturated heterocycles. The van der Waals surface area contributed by atoms with Crippen LogP contribution in [0.5, 0.6) is 11.5 Å². The first-order chi connectivity index (χ1) is 16.4. The van der Waals surface area contributed by atoms with Gasteiger partial charge in [0.05, 0.1) is 23.0 Å². The normalized spacial score (nSPS) is 14.1. The van der Waals surface area contributed by atoms with Crippen molar-refractivity contribution in [2.24, 2.45) is 0 Å². The lowest BCUT2D eigenvalue weighted by atomic mass is 10.1. The van der Waals surface area contributed by atoms with Crippen LogP contribution >= 0.6 is 0 Å². The van der Waals surface area contributed by atoms with Gasteiger partial charge in [0.2, 0.25) is 5.91 Å². The topological polar surface area (TPSA) is 118 Å². The molecule has 0 aliphatic carbocycles. The molecule has 0 atom stereocenters. The summed E-state index contributed by atoms with van der Waals surface area (Å²) in [6.07, 6.45) is 4.48. The maximum Gasteiger partial charge on any atom is 0.222 e. The molecule has 0 spiro atoms. The molecular formula is C24H23N5O4S. The average Bonchev–Trinajstić information content (AvgIpc) is 3.45. The lowest BCUT2D eigenvalue weighted by Crippen LogP contribution is -2.24. The predicted molar refractivity (Wildman–Crippen MR) is 126 cm³/mol. The van der Waals surface area contributed by atoms with Gasteiger partial charge in [-0.1, -0.05) is 13.0 Å². The van der Waals surface area contributed by atoms with Crippen LogP contribution in [0.3, 0.4) is 0 Å². The number of hydrogen-bond acceptors (Lipinski definition) is 7. The summed E-state index contributed by atoms with van der Waals surface area (Å²) in [5.74, 6) is 1.64. The Labute approximate surface area is 196 Å². The van der Waals surface area contributed by atoms with E-state index in [1.54, 1.807) is 24.1 Å². The van der Waals surface area contributed by atoms with Crippen LogP contribution in [0.1, 0.15) is 25.3 Å². The van der Waals surface area contributed by atoms with Gasteiger partial charge in [-0.05, 0) is 36.8 Å². The second-order valence-electron chi connectivity index (χ2n) is 8.03. The number of aromatic nitrogens is 4. The smallest absolute Gasteiger partial charge is 0.222 e. The zero-order chi connectivity index (χ0) is 23.7. The summed E-state index contributed by atoms with van der Waals surface area (Å²) in [6, 6.07) is 12.4. The lowest BCUT2D eigenvalue weighted by Gasteiger charge is -2.18. The second-order valence-corrected chi connectivity index (χ2v) is 10.3. The third-order valence-corrected chi connectivity index (χ3v) is 7.38. The number of aromatic amines is 1. The van der Waals surface area contributed by atoms with Crippen molar-refractivity contribution in [2.75, 3.05) is 12.3 Å². The highest BCUT2D eigenvalue weighted by Gasteiger charge is 2.23. The summed E-state index contributed by atoms with van der Waals surface area (Å²) < 4.78 is 30.2. The molecule has 0 unspecified atom stereocenters. The molecule has 1 aliphatic rings. The maximum absolute atomic E-state index is 12.3. The van der Waals surface area contributed by atoms with Crippen molar-refractivity contribution in [3.05, 3.63) is 60.4 Å². The van der Waals surface area contributed by atoms with Gasteiger partial charge in [0.25, 0.3) is 0 Å². The van der Waals surface area contributed by atoms with Crippen LogP contribution in [-0.4, -0.2) is 51.5 Å². The molecule has 1 amide bonds. The summed E-state index contributed by atoms with van der Waals surface area (Å²) in [7, 11) is -3.40. The number of H-pyrrole nitrogens is 1. The largest absolute Gasteiger partial charge is 0.455 e. The molecule has 3 aromatic heterocycles. The molecule has 10 heteroatoms. The highest BCUT2D eigenvalue weighted by atomic mass is 32.2. The minimum atomic E-state index is -3.40. The van der Waals surface area contributed by atoms with Crippen LogP contribution in [0.4, 0.5) is 0 Å². The van der Waals surface area contributed by atoms with E-state index in [0.29, 0.717) is 42.4 Å². The van der Waals surface area contributed by atoms with E-state index in [1.807, 2.05) is 30.3 Å². The number of carbonyl (C=O) groups excluding carboxylic acids is 1. The van der Waals surface area contributed by atoms with Crippen LogP contribution < -0.4 is 4.74 Å². The van der Waals surface area contributed by atoms with Gasteiger partial charge in [-0.2, -0.15) is 0 Å². The van der Waals surface area contributed by atoms with Crippen molar-refractivity contribution >= 4 is 26.8 Å². The van der Waals surface area contributed by atoms with Crippen molar-refractivity contribution in [3.8, 4) is 23.0 Å². The molecule has 0 radical (unpaired) electrons. The van der Waals surface area contributed by atoms with Gasteiger partial charge >= 0.3 is 0 Å². The Morgan fingerprint density at radius 3 is 2.71 bits per heavy atom. The molecule has 1 aliphatic heterocycles. The lowest BCUT2D eigenvalue weighted by molar-refractivity contribution is -0.128. The molecule has 5 rings (SSSR count). The monoisotopic (exact) mass is 477 g/mol. The predicted octanol–water partition coefficient (Wildman–Crippen LogP) is 3.73. The number of nitrogens with zero attached hydrogens (tertiary/aromatic N) is 4. The summed E-state index contributed by atoms with van der Waals surface area (Å²) >= 11 is 0. The number of carbonyl (C=O) groups is 1. The highest BCUT2D eigenvalue weighted by Crippen LogP contribution is 2.32. The standard InChI is InChI=1S/C24H23N5O4S/c1-2-34(31,32)22-9-8-17(14-26-22)33-21-13-20-19(12-16(21)15-29-11-5-7-23(29)30)27-24(28-20)18-6-3-4-10-25-18/h3-4,6,8-10,12-14H,2,5,7,11,15H2,1H3,(H,27,28). The first-order valence-electron chi connectivity index (χ1n) is 11.0. The Kier molecular flexibility index (Phi) is 5.74. The molecule has 0 bridgehead atoms. The Morgan fingerprint density at radius 2 is 2.03 bits per heavy atom. The molecule has 1 N–H and O–H groups in total.